The van der Waals surface area contributed by atoms with Crippen LogP contribution in [0, 0.1) is 18.3 Å². The molecule has 16 heavy (non-hydrogen) atoms. The van der Waals surface area contributed by atoms with E-state index in [-0.39, 0.29) is 0 Å². The van der Waals surface area contributed by atoms with Gasteiger partial charge >= 0.3 is 0 Å². The van der Waals surface area contributed by atoms with Crippen LogP contribution in [-0.2, 0) is 0 Å². The molecule has 0 amide bonds. The third-order valence-electron chi connectivity index (χ3n) is 2.31. The number of hydrogen-bond donors (Lipinski definition) is 1. The van der Waals surface area contributed by atoms with Crippen LogP contribution in [0.5, 0.6) is 5.75 Å². The van der Waals surface area contributed by atoms with Crippen molar-refractivity contribution in [3.8, 4) is 23.2 Å². The number of nitriles is 1. The Morgan fingerprint density at radius 1 is 1.44 bits per heavy atom. The van der Waals surface area contributed by atoms with E-state index in [4.69, 9.17) is 10.00 Å². The summed E-state index contributed by atoms with van der Waals surface area (Å²) >= 11 is 0. The zero-order valence-electron chi connectivity index (χ0n) is 9.11. The lowest BCUT2D eigenvalue weighted by molar-refractivity contribution is 0.416. The molecular formula is C12H11N3O. The first kappa shape index (κ1) is 10.2. The SMILES string of the molecule is COc1ccc(C)cc1-c1ncc(C#N)[nH]1. The molecule has 2 rings (SSSR count). The first-order chi connectivity index (χ1) is 7.74. The largest absolute Gasteiger partial charge is 0.496 e. The Hall–Kier alpha value is -2.28. The second-order valence-corrected chi connectivity index (χ2v) is 3.46. The van der Waals surface area contributed by atoms with Gasteiger partial charge in [0.15, 0.2) is 0 Å². The Labute approximate surface area is 93.5 Å². The summed E-state index contributed by atoms with van der Waals surface area (Å²) in [5.74, 6) is 1.39. The predicted octanol–water partition coefficient (Wildman–Crippen LogP) is 2.27. The van der Waals surface area contributed by atoms with Crippen molar-refractivity contribution in [3.63, 3.8) is 0 Å². The summed E-state index contributed by atoms with van der Waals surface area (Å²) in [7, 11) is 1.61. The number of benzene rings is 1. The molecule has 0 saturated carbocycles. The Kier molecular flexibility index (Phi) is 2.61. The van der Waals surface area contributed by atoms with Gasteiger partial charge in [0.2, 0.25) is 0 Å². The van der Waals surface area contributed by atoms with Gasteiger partial charge in [0, 0.05) is 0 Å². The van der Waals surface area contributed by atoms with Crippen LogP contribution in [0.4, 0.5) is 0 Å². The molecule has 0 fully saturated rings. The molecule has 0 atom stereocenters. The molecule has 0 aliphatic rings. The fourth-order valence-corrected chi connectivity index (χ4v) is 1.52. The van der Waals surface area contributed by atoms with Gasteiger partial charge in [-0.15, -0.1) is 0 Å². The minimum Gasteiger partial charge on any atom is -0.496 e. The molecule has 0 aliphatic carbocycles. The van der Waals surface area contributed by atoms with E-state index in [0.717, 1.165) is 16.9 Å². The summed E-state index contributed by atoms with van der Waals surface area (Å²) in [6, 6.07) is 7.84. The number of nitrogens with one attached hydrogen (secondary N) is 1. The average molecular weight is 213 g/mol. The van der Waals surface area contributed by atoms with Gasteiger partial charge in [-0.1, -0.05) is 11.6 Å². The van der Waals surface area contributed by atoms with Crippen molar-refractivity contribution in [3.05, 3.63) is 35.7 Å². The highest BCUT2D eigenvalue weighted by atomic mass is 16.5. The highest BCUT2D eigenvalue weighted by Gasteiger charge is 2.09. The number of aromatic amines is 1. The van der Waals surface area contributed by atoms with Crippen LogP contribution >= 0.6 is 0 Å². The van der Waals surface area contributed by atoms with E-state index in [0.29, 0.717) is 11.5 Å². The number of aromatic nitrogens is 2. The number of aryl methyl sites for hydroxylation is 1. The third-order valence-corrected chi connectivity index (χ3v) is 2.31. The number of rotatable bonds is 2. The van der Waals surface area contributed by atoms with Crippen molar-refractivity contribution in [1.82, 2.24) is 9.97 Å². The number of H-pyrrole nitrogens is 1. The molecule has 0 bridgehead atoms. The summed E-state index contributed by atoms with van der Waals surface area (Å²) in [5.41, 5.74) is 2.42. The summed E-state index contributed by atoms with van der Waals surface area (Å²) < 4.78 is 5.25. The molecule has 0 unspecified atom stereocenters. The van der Waals surface area contributed by atoms with Gasteiger partial charge < -0.3 is 9.72 Å². The quantitative estimate of drug-likeness (QED) is 0.832. The maximum Gasteiger partial charge on any atom is 0.142 e. The van der Waals surface area contributed by atoms with Crippen molar-refractivity contribution in [1.29, 1.82) is 5.26 Å². The second kappa shape index (κ2) is 4.07. The normalized spacial score (nSPS) is 9.81. The molecule has 1 aromatic heterocycles. The lowest BCUT2D eigenvalue weighted by atomic mass is 10.1. The lowest BCUT2D eigenvalue weighted by Gasteiger charge is -2.06. The van der Waals surface area contributed by atoms with Crippen LogP contribution in [0.1, 0.15) is 11.3 Å². The molecule has 2 aromatic rings. The van der Waals surface area contributed by atoms with Gasteiger partial charge in [0.1, 0.15) is 23.3 Å². The van der Waals surface area contributed by atoms with Crippen molar-refractivity contribution in [2.45, 2.75) is 6.92 Å². The summed E-state index contributed by atoms with van der Waals surface area (Å²) in [5, 5.41) is 8.73. The number of methoxy groups -OCH3 is 1. The average Bonchev–Trinajstić information content (AvgIpc) is 2.77. The molecule has 1 heterocycles. The molecule has 0 radical (unpaired) electrons. The van der Waals surface area contributed by atoms with Crippen molar-refractivity contribution in [2.75, 3.05) is 7.11 Å². The van der Waals surface area contributed by atoms with E-state index in [2.05, 4.69) is 9.97 Å². The number of imidazole rings is 1. The van der Waals surface area contributed by atoms with Gasteiger partial charge in [-0.2, -0.15) is 5.26 Å². The highest BCUT2D eigenvalue weighted by molar-refractivity contribution is 5.65. The van der Waals surface area contributed by atoms with Crippen LogP contribution in [0.3, 0.4) is 0 Å². The Morgan fingerprint density at radius 3 is 2.88 bits per heavy atom. The monoisotopic (exact) mass is 213 g/mol. The van der Waals surface area contributed by atoms with Crippen molar-refractivity contribution < 1.29 is 4.74 Å². The van der Waals surface area contributed by atoms with E-state index in [1.54, 1.807) is 7.11 Å². The fraction of sp³-hybridized carbons (Fsp3) is 0.167. The number of nitrogens with zero attached hydrogens (tertiary/aromatic N) is 2. The smallest absolute Gasteiger partial charge is 0.142 e. The third kappa shape index (κ3) is 1.75. The van der Waals surface area contributed by atoms with Gasteiger partial charge in [-0.05, 0) is 19.1 Å². The highest BCUT2D eigenvalue weighted by Crippen LogP contribution is 2.28. The molecule has 80 valence electrons. The molecule has 4 nitrogen and oxygen atoms in total. The van der Waals surface area contributed by atoms with E-state index in [9.17, 15) is 0 Å². The predicted molar refractivity (Wildman–Crippen MR) is 60.0 cm³/mol. The molecule has 1 aromatic carbocycles. The first-order valence-electron chi connectivity index (χ1n) is 4.84. The van der Waals surface area contributed by atoms with Crippen LogP contribution in [0.25, 0.3) is 11.4 Å². The minimum absolute atomic E-state index is 0.443. The van der Waals surface area contributed by atoms with Crippen LogP contribution in [0.2, 0.25) is 0 Å². The zero-order valence-corrected chi connectivity index (χ0v) is 9.11. The Bertz CT molecular complexity index is 552. The zero-order chi connectivity index (χ0) is 11.5. The Balaban J connectivity index is 2.54. The van der Waals surface area contributed by atoms with E-state index >= 15 is 0 Å². The Morgan fingerprint density at radius 2 is 2.25 bits per heavy atom. The summed E-state index contributed by atoms with van der Waals surface area (Å²) in [4.78, 5) is 7.08. The molecule has 1 N–H and O–H groups in total. The number of hydrogen-bond acceptors (Lipinski definition) is 3. The van der Waals surface area contributed by atoms with Crippen LogP contribution in [-0.4, -0.2) is 17.1 Å². The minimum atomic E-state index is 0.443. The lowest BCUT2D eigenvalue weighted by Crippen LogP contribution is -1.90. The summed E-state index contributed by atoms with van der Waals surface area (Å²) in [6.07, 6.45) is 1.51. The van der Waals surface area contributed by atoms with Gasteiger partial charge in [0.05, 0.1) is 18.9 Å². The molecule has 0 aliphatic heterocycles. The van der Waals surface area contributed by atoms with Gasteiger partial charge in [-0.3, -0.25) is 0 Å². The molecule has 4 heteroatoms. The molecule has 0 spiro atoms. The van der Waals surface area contributed by atoms with E-state index in [1.807, 2.05) is 31.2 Å². The standard InChI is InChI=1S/C12H11N3O/c1-8-3-4-11(16-2)10(5-8)12-14-7-9(6-13)15-12/h3-5,7H,1-2H3,(H,14,15). The van der Waals surface area contributed by atoms with E-state index in [1.165, 1.54) is 6.20 Å². The summed E-state index contributed by atoms with van der Waals surface area (Å²) in [6.45, 7) is 2.00. The van der Waals surface area contributed by atoms with E-state index < -0.39 is 0 Å². The van der Waals surface area contributed by atoms with Gasteiger partial charge in [-0.25, -0.2) is 4.98 Å². The molecular weight excluding hydrogens is 202 g/mol. The van der Waals surface area contributed by atoms with Gasteiger partial charge in [0.25, 0.3) is 0 Å². The fourth-order valence-electron chi connectivity index (χ4n) is 1.52. The molecule has 0 saturated heterocycles. The number of ether oxygens (including phenoxy) is 1. The second-order valence-electron chi connectivity index (χ2n) is 3.46. The first-order valence-corrected chi connectivity index (χ1v) is 4.84. The maximum atomic E-state index is 8.73. The maximum absolute atomic E-state index is 8.73. The van der Waals surface area contributed by atoms with Crippen molar-refractivity contribution >= 4 is 0 Å². The topological polar surface area (TPSA) is 61.7 Å². The van der Waals surface area contributed by atoms with Crippen LogP contribution < -0.4 is 4.74 Å². The van der Waals surface area contributed by atoms with Crippen molar-refractivity contribution in [2.24, 2.45) is 0 Å². The van der Waals surface area contributed by atoms with Crippen LogP contribution in [0.15, 0.2) is 24.4 Å².